The van der Waals surface area contributed by atoms with Gasteiger partial charge in [0.2, 0.25) is 5.03 Å². The average Bonchev–Trinajstić information content (AvgIpc) is 3.21. The van der Waals surface area contributed by atoms with E-state index in [1.165, 1.54) is 15.2 Å². The fourth-order valence-corrected chi connectivity index (χ4v) is 6.04. The molecule has 2 aromatic rings. The molecule has 0 saturated carbocycles. The van der Waals surface area contributed by atoms with Crippen LogP contribution >= 0.6 is 11.6 Å². The molecule has 174 valence electrons. The predicted octanol–water partition coefficient (Wildman–Crippen LogP) is 1.36. The van der Waals surface area contributed by atoms with Gasteiger partial charge in [0.1, 0.15) is 0 Å². The standard InChI is InChI=1S/C21H29ClN6O3S/c1-3-25-8-10-27(11-9-25)21(29)17-16-24(2)23-20(17)32(30,31)28-14-12-26(13-15-28)19-7-5-4-6-18(19)22/h4-7,16H,3,8-15H2,1-2H3. The van der Waals surface area contributed by atoms with Crippen LogP contribution in [0.25, 0.3) is 0 Å². The van der Waals surface area contributed by atoms with Crippen molar-refractivity contribution in [2.75, 3.05) is 63.8 Å². The molecule has 2 fully saturated rings. The minimum Gasteiger partial charge on any atom is -0.368 e. The Balaban J connectivity index is 1.50. The summed E-state index contributed by atoms with van der Waals surface area (Å²) in [4.78, 5) is 19.2. The Morgan fingerprint density at radius 1 is 1.03 bits per heavy atom. The van der Waals surface area contributed by atoms with Gasteiger partial charge in [0.25, 0.3) is 15.9 Å². The maximum absolute atomic E-state index is 13.4. The van der Waals surface area contributed by atoms with E-state index in [4.69, 9.17) is 11.6 Å². The summed E-state index contributed by atoms with van der Waals surface area (Å²) in [6.07, 6.45) is 1.52. The molecule has 11 heteroatoms. The van der Waals surface area contributed by atoms with Crippen molar-refractivity contribution < 1.29 is 13.2 Å². The molecule has 32 heavy (non-hydrogen) atoms. The van der Waals surface area contributed by atoms with Gasteiger partial charge >= 0.3 is 0 Å². The third kappa shape index (κ3) is 4.50. The van der Waals surface area contributed by atoms with Gasteiger partial charge in [-0.25, -0.2) is 8.42 Å². The van der Waals surface area contributed by atoms with E-state index >= 15 is 0 Å². The first-order chi connectivity index (χ1) is 15.3. The van der Waals surface area contributed by atoms with Crippen LogP contribution in [0.5, 0.6) is 0 Å². The number of likely N-dealkylation sites (N-methyl/N-ethyl adjacent to an activating group) is 1. The number of anilines is 1. The Morgan fingerprint density at radius 3 is 2.31 bits per heavy atom. The maximum Gasteiger partial charge on any atom is 0.263 e. The number of nitrogens with zero attached hydrogens (tertiary/aromatic N) is 6. The normalized spacial score (nSPS) is 18.8. The molecular formula is C21H29ClN6O3S. The molecular weight excluding hydrogens is 452 g/mol. The van der Waals surface area contributed by atoms with Crippen LogP contribution in [0.4, 0.5) is 5.69 Å². The fourth-order valence-electron chi connectivity index (χ4n) is 4.24. The third-order valence-electron chi connectivity index (χ3n) is 6.15. The summed E-state index contributed by atoms with van der Waals surface area (Å²) in [5.41, 5.74) is 1.04. The molecule has 4 rings (SSSR count). The summed E-state index contributed by atoms with van der Waals surface area (Å²) >= 11 is 6.30. The summed E-state index contributed by atoms with van der Waals surface area (Å²) in [5.74, 6) is -0.276. The lowest BCUT2D eigenvalue weighted by molar-refractivity contribution is 0.0639. The number of hydrogen-bond acceptors (Lipinski definition) is 6. The molecule has 2 aliphatic heterocycles. The van der Waals surface area contributed by atoms with Crippen molar-refractivity contribution in [3.05, 3.63) is 41.0 Å². The lowest BCUT2D eigenvalue weighted by Crippen LogP contribution is -2.50. The van der Waals surface area contributed by atoms with E-state index in [1.807, 2.05) is 24.3 Å². The number of hydrogen-bond donors (Lipinski definition) is 0. The van der Waals surface area contributed by atoms with E-state index in [1.54, 1.807) is 11.9 Å². The van der Waals surface area contributed by atoms with Crippen LogP contribution in [0.1, 0.15) is 17.3 Å². The third-order valence-corrected chi connectivity index (χ3v) is 8.30. The number of rotatable bonds is 5. The molecule has 0 N–H and O–H groups in total. The van der Waals surface area contributed by atoms with E-state index in [-0.39, 0.29) is 16.5 Å². The van der Waals surface area contributed by atoms with Gasteiger partial charge < -0.3 is 14.7 Å². The van der Waals surface area contributed by atoms with E-state index in [0.29, 0.717) is 44.3 Å². The van der Waals surface area contributed by atoms with Gasteiger partial charge in [-0.1, -0.05) is 30.7 Å². The quantitative estimate of drug-likeness (QED) is 0.642. The minimum atomic E-state index is -3.90. The van der Waals surface area contributed by atoms with E-state index in [0.717, 1.165) is 25.3 Å². The van der Waals surface area contributed by atoms with Gasteiger partial charge in [-0.3, -0.25) is 9.48 Å². The molecule has 0 aliphatic carbocycles. The number of amides is 1. The molecule has 1 amide bonds. The fraction of sp³-hybridized carbons (Fsp3) is 0.524. The zero-order valence-electron chi connectivity index (χ0n) is 18.4. The Labute approximate surface area is 194 Å². The lowest BCUT2D eigenvalue weighted by Gasteiger charge is -2.36. The zero-order chi connectivity index (χ0) is 22.9. The summed E-state index contributed by atoms with van der Waals surface area (Å²) < 4.78 is 29.7. The SMILES string of the molecule is CCN1CCN(C(=O)c2cn(C)nc2S(=O)(=O)N2CCN(c3ccccc3Cl)CC2)CC1. The molecule has 1 aromatic heterocycles. The van der Waals surface area contributed by atoms with Crippen LogP contribution in [0.2, 0.25) is 5.02 Å². The number of carbonyl (C=O) groups excluding carboxylic acids is 1. The van der Waals surface area contributed by atoms with Crippen LogP contribution in [-0.4, -0.2) is 97.1 Å². The smallest absolute Gasteiger partial charge is 0.263 e. The molecule has 0 unspecified atom stereocenters. The van der Waals surface area contributed by atoms with Gasteiger partial charge in [0, 0.05) is 65.6 Å². The second-order valence-electron chi connectivity index (χ2n) is 8.09. The molecule has 2 aliphatic rings. The number of benzene rings is 1. The Hall–Kier alpha value is -2.14. The average molecular weight is 481 g/mol. The van der Waals surface area contributed by atoms with Crippen molar-refractivity contribution in [2.45, 2.75) is 11.9 Å². The molecule has 2 saturated heterocycles. The van der Waals surface area contributed by atoms with E-state index in [2.05, 4.69) is 21.8 Å². The summed E-state index contributed by atoms with van der Waals surface area (Å²) in [7, 11) is -2.26. The second-order valence-corrected chi connectivity index (χ2v) is 10.4. The topological polar surface area (TPSA) is 82.0 Å². The lowest BCUT2D eigenvalue weighted by atomic mass is 10.2. The van der Waals surface area contributed by atoms with Crippen LogP contribution < -0.4 is 4.90 Å². The molecule has 1 aromatic carbocycles. The first-order valence-electron chi connectivity index (χ1n) is 10.9. The number of sulfonamides is 1. The van der Waals surface area contributed by atoms with Crippen molar-refractivity contribution in [1.29, 1.82) is 0 Å². The second kappa shape index (κ2) is 9.38. The Kier molecular flexibility index (Phi) is 6.75. The van der Waals surface area contributed by atoms with Crippen LogP contribution in [-0.2, 0) is 17.1 Å². The number of aromatic nitrogens is 2. The molecule has 9 nitrogen and oxygen atoms in total. The van der Waals surface area contributed by atoms with Gasteiger partial charge in [0.05, 0.1) is 16.3 Å². The van der Waals surface area contributed by atoms with Gasteiger partial charge in [-0.15, -0.1) is 0 Å². The highest BCUT2D eigenvalue weighted by molar-refractivity contribution is 7.89. The Bertz CT molecular complexity index is 1070. The molecule has 0 atom stereocenters. The number of halogens is 1. The highest BCUT2D eigenvalue weighted by atomic mass is 35.5. The number of para-hydroxylation sites is 1. The molecule has 0 radical (unpaired) electrons. The van der Waals surface area contributed by atoms with Crippen molar-refractivity contribution in [2.24, 2.45) is 7.05 Å². The van der Waals surface area contributed by atoms with Crippen molar-refractivity contribution >= 4 is 33.2 Å². The van der Waals surface area contributed by atoms with Crippen molar-refractivity contribution in [3.63, 3.8) is 0 Å². The van der Waals surface area contributed by atoms with Crippen LogP contribution in [0.15, 0.2) is 35.5 Å². The van der Waals surface area contributed by atoms with Gasteiger partial charge in [-0.05, 0) is 18.7 Å². The highest BCUT2D eigenvalue weighted by Gasteiger charge is 2.36. The van der Waals surface area contributed by atoms with Crippen molar-refractivity contribution in [1.82, 2.24) is 23.9 Å². The van der Waals surface area contributed by atoms with Gasteiger partial charge in [-0.2, -0.15) is 9.40 Å². The summed E-state index contributed by atoms with van der Waals surface area (Å²) in [5, 5.41) is 4.68. The zero-order valence-corrected chi connectivity index (χ0v) is 20.0. The first kappa shape index (κ1) is 23.0. The molecule has 0 spiro atoms. The predicted molar refractivity (Wildman–Crippen MR) is 124 cm³/mol. The number of piperazine rings is 2. The van der Waals surface area contributed by atoms with Crippen LogP contribution in [0.3, 0.4) is 0 Å². The Morgan fingerprint density at radius 2 is 1.69 bits per heavy atom. The summed E-state index contributed by atoms with van der Waals surface area (Å²) in [6, 6.07) is 7.54. The van der Waals surface area contributed by atoms with Gasteiger partial charge in [0.15, 0.2) is 0 Å². The van der Waals surface area contributed by atoms with Crippen molar-refractivity contribution in [3.8, 4) is 0 Å². The summed E-state index contributed by atoms with van der Waals surface area (Å²) in [6.45, 7) is 7.39. The van der Waals surface area contributed by atoms with E-state index in [9.17, 15) is 13.2 Å². The largest absolute Gasteiger partial charge is 0.368 e. The number of carbonyl (C=O) groups is 1. The van der Waals surface area contributed by atoms with Crippen LogP contribution in [0, 0.1) is 0 Å². The van der Waals surface area contributed by atoms with E-state index < -0.39 is 10.0 Å². The highest BCUT2D eigenvalue weighted by Crippen LogP contribution is 2.28. The number of aryl methyl sites for hydroxylation is 1. The molecule has 3 heterocycles. The first-order valence-corrected chi connectivity index (χ1v) is 12.7. The monoisotopic (exact) mass is 480 g/mol. The maximum atomic E-state index is 13.4. The minimum absolute atomic E-state index is 0.144. The molecule has 0 bridgehead atoms.